The molecule has 0 radical (unpaired) electrons. The molecule has 0 saturated carbocycles. The molecule has 1 heterocycles. The number of carbonyl (C=O) groups is 1. The van der Waals surface area contributed by atoms with E-state index in [4.69, 9.17) is 4.74 Å². The van der Waals surface area contributed by atoms with Crippen LogP contribution in [0.15, 0.2) is 0 Å². The molecule has 0 aromatic carbocycles. The van der Waals surface area contributed by atoms with E-state index in [9.17, 15) is 4.79 Å². The summed E-state index contributed by atoms with van der Waals surface area (Å²) in [4.78, 5) is 10.6. The van der Waals surface area contributed by atoms with Gasteiger partial charge < -0.3 is 4.74 Å². The minimum absolute atomic E-state index is 0.0616. The summed E-state index contributed by atoms with van der Waals surface area (Å²) in [7, 11) is 0. The predicted octanol–water partition coefficient (Wildman–Crippen LogP) is 1.14. The molecule has 1 aliphatic heterocycles. The lowest BCUT2D eigenvalue weighted by Crippen LogP contribution is -2.33. The normalized spacial score (nSPS) is 26.2. The Kier molecular flexibility index (Phi) is 1.58. The highest BCUT2D eigenvalue weighted by atomic mass is 16.5. The lowest BCUT2D eigenvalue weighted by atomic mass is 9.98. The van der Waals surface area contributed by atoms with E-state index in [-0.39, 0.29) is 11.4 Å². The molecule has 0 aromatic rings. The van der Waals surface area contributed by atoms with E-state index in [0.717, 1.165) is 6.42 Å². The second-order valence-electron chi connectivity index (χ2n) is 3.09. The minimum Gasteiger partial charge on any atom is -0.368 e. The monoisotopic (exact) mass is 128 g/mol. The molecule has 0 bridgehead atoms. The van der Waals surface area contributed by atoms with Gasteiger partial charge in [-0.3, -0.25) is 4.79 Å². The molecule has 0 aromatic heterocycles. The average Bonchev–Trinajstić information content (AvgIpc) is 1.78. The van der Waals surface area contributed by atoms with Crippen molar-refractivity contribution in [2.45, 2.75) is 32.3 Å². The summed E-state index contributed by atoms with van der Waals surface area (Å²) >= 11 is 0. The fourth-order valence-corrected chi connectivity index (χ4v) is 0.861. The molecule has 1 saturated heterocycles. The summed E-state index contributed by atoms with van der Waals surface area (Å²) in [6.07, 6.45) is 1.55. The fourth-order valence-electron chi connectivity index (χ4n) is 0.861. The first-order chi connectivity index (χ1) is 4.10. The second kappa shape index (κ2) is 2.10. The quantitative estimate of drug-likeness (QED) is 0.489. The van der Waals surface area contributed by atoms with Gasteiger partial charge in [0.05, 0.1) is 5.60 Å². The lowest BCUT2D eigenvalue weighted by Gasteiger charge is -2.28. The number of hydrogen-bond acceptors (Lipinski definition) is 2. The van der Waals surface area contributed by atoms with Crippen LogP contribution in [0.4, 0.5) is 0 Å². The summed E-state index contributed by atoms with van der Waals surface area (Å²) in [5.41, 5.74) is -0.0616. The van der Waals surface area contributed by atoms with Gasteiger partial charge in [-0.05, 0) is 20.3 Å². The maximum Gasteiger partial charge on any atom is 0.158 e. The molecule has 2 nitrogen and oxygen atoms in total. The van der Waals surface area contributed by atoms with Crippen LogP contribution in [0.1, 0.15) is 26.7 Å². The number of ether oxygens (including phenoxy) is 1. The third-order valence-corrected chi connectivity index (χ3v) is 1.63. The van der Waals surface area contributed by atoms with Gasteiger partial charge in [0.2, 0.25) is 0 Å². The molecule has 0 atom stereocenters. The van der Waals surface area contributed by atoms with Crippen LogP contribution in [-0.4, -0.2) is 18.0 Å². The highest BCUT2D eigenvalue weighted by molar-refractivity contribution is 5.80. The van der Waals surface area contributed by atoms with Gasteiger partial charge in [-0.25, -0.2) is 0 Å². The molecule has 0 N–H and O–H groups in total. The molecule has 52 valence electrons. The van der Waals surface area contributed by atoms with Gasteiger partial charge in [0.15, 0.2) is 5.78 Å². The molecular weight excluding hydrogens is 116 g/mol. The van der Waals surface area contributed by atoms with Crippen molar-refractivity contribution in [3.05, 3.63) is 0 Å². The van der Waals surface area contributed by atoms with Gasteiger partial charge in [-0.1, -0.05) is 0 Å². The maximum atomic E-state index is 10.6. The highest BCUT2D eigenvalue weighted by Crippen LogP contribution is 2.20. The summed E-state index contributed by atoms with van der Waals surface area (Å²) in [5.74, 6) is 0.231. The van der Waals surface area contributed by atoms with E-state index < -0.39 is 0 Å². The van der Waals surface area contributed by atoms with E-state index >= 15 is 0 Å². The zero-order valence-corrected chi connectivity index (χ0v) is 5.94. The Morgan fingerprint density at radius 1 is 1.56 bits per heavy atom. The average molecular weight is 128 g/mol. The molecule has 0 unspecified atom stereocenters. The Bertz CT molecular complexity index is 115. The van der Waals surface area contributed by atoms with Crippen molar-refractivity contribution < 1.29 is 9.53 Å². The van der Waals surface area contributed by atoms with Crippen LogP contribution in [0.25, 0.3) is 0 Å². The van der Waals surface area contributed by atoms with Crippen molar-refractivity contribution >= 4 is 5.78 Å². The molecule has 0 spiro atoms. The third-order valence-electron chi connectivity index (χ3n) is 1.63. The second-order valence-corrected chi connectivity index (χ2v) is 3.09. The van der Waals surface area contributed by atoms with Crippen LogP contribution in [0.3, 0.4) is 0 Å². The molecular formula is C7H12O2. The third kappa shape index (κ3) is 1.79. The molecule has 1 rings (SSSR count). The van der Waals surface area contributed by atoms with E-state index in [1.54, 1.807) is 0 Å². The Balaban J connectivity index is 2.44. The fraction of sp³-hybridized carbons (Fsp3) is 0.857. The van der Waals surface area contributed by atoms with Gasteiger partial charge >= 0.3 is 0 Å². The van der Waals surface area contributed by atoms with Crippen molar-refractivity contribution in [3.63, 3.8) is 0 Å². The standard InChI is InChI=1S/C7H12O2/c1-7(2)4-3-6(8)5-9-7/h3-5H2,1-2H3. The summed E-state index contributed by atoms with van der Waals surface area (Å²) in [5, 5.41) is 0. The van der Waals surface area contributed by atoms with Gasteiger partial charge in [-0.2, -0.15) is 0 Å². The summed E-state index contributed by atoms with van der Waals surface area (Å²) < 4.78 is 5.23. The topological polar surface area (TPSA) is 26.3 Å². The van der Waals surface area contributed by atoms with Gasteiger partial charge in [0, 0.05) is 6.42 Å². The van der Waals surface area contributed by atoms with Gasteiger partial charge in [0.25, 0.3) is 0 Å². The summed E-state index contributed by atoms with van der Waals surface area (Å²) in [6, 6.07) is 0. The Morgan fingerprint density at radius 3 is 2.56 bits per heavy atom. The number of Topliss-reactive ketones (excluding diaryl/α,β-unsaturated/α-hetero) is 1. The largest absolute Gasteiger partial charge is 0.368 e. The van der Waals surface area contributed by atoms with Crippen molar-refractivity contribution in [3.8, 4) is 0 Å². The summed E-state index contributed by atoms with van der Waals surface area (Å²) in [6.45, 7) is 4.34. The van der Waals surface area contributed by atoms with Crippen LogP contribution in [-0.2, 0) is 9.53 Å². The zero-order chi connectivity index (χ0) is 6.91. The minimum atomic E-state index is -0.0616. The maximum absolute atomic E-state index is 10.6. The number of hydrogen-bond donors (Lipinski definition) is 0. The molecule has 1 aliphatic rings. The SMILES string of the molecule is CC1(C)CCC(=O)CO1. The molecule has 1 fully saturated rings. The number of ketones is 1. The van der Waals surface area contributed by atoms with Crippen molar-refractivity contribution in [1.82, 2.24) is 0 Å². The van der Waals surface area contributed by atoms with Crippen LogP contribution in [0.5, 0.6) is 0 Å². The van der Waals surface area contributed by atoms with E-state index in [2.05, 4.69) is 0 Å². The number of rotatable bonds is 0. The van der Waals surface area contributed by atoms with Gasteiger partial charge in [0.1, 0.15) is 6.61 Å². The van der Waals surface area contributed by atoms with Gasteiger partial charge in [-0.15, -0.1) is 0 Å². The first-order valence-corrected chi connectivity index (χ1v) is 3.26. The van der Waals surface area contributed by atoms with Crippen LogP contribution in [0.2, 0.25) is 0 Å². The zero-order valence-electron chi connectivity index (χ0n) is 5.94. The van der Waals surface area contributed by atoms with E-state index in [1.165, 1.54) is 0 Å². The Labute approximate surface area is 55.2 Å². The van der Waals surface area contributed by atoms with Crippen LogP contribution < -0.4 is 0 Å². The molecule has 2 heteroatoms. The predicted molar refractivity (Wildman–Crippen MR) is 34.3 cm³/mol. The molecule has 0 amide bonds. The first kappa shape index (κ1) is 6.75. The van der Waals surface area contributed by atoms with Crippen LogP contribution in [0, 0.1) is 0 Å². The lowest BCUT2D eigenvalue weighted by molar-refractivity contribution is -0.138. The Morgan fingerprint density at radius 2 is 2.22 bits per heavy atom. The van der Waals surface area contributed by atoms with E-state index in [0.29, 0.717) is 13.0 Å². The molecule has 0 aliphatic carbocycles. The van der Waals surface area contributed by atoms with Crippen LogP contribution >= 0.6 is 0 Å². The number of carbonyl (C=O) groups excluding carboxylic acids is 1. The van der Waals surface area contributed by atoms with Crippen molar-refractivity contribution in [2.75, 3.05) is 6.61 Å². The van der Waals surface area contributed by atoms with Crippen molar-refractivity contribution in [1.29, 1.82) is 0 Å². The smallest absolute Gasteiger partial charge is 0.158 e. The Hall–Kier alpha value is -0.370. The molecule has 9 heavy (non-hydrogen) atoms. The van der Waals surface area contributed by atoms with E-state index in [1.807, 2.05) is 13.8 Å². The highest BCUT2D eigenvalue weighted by Gasteiger charge is 2.25. The first-order valence-electron chi connectivity index (χ1n) is 3.26. The van der Waals surface area contributed by atoms with Crippen molar-refractivity contribution in [2.24, 2.45) is 0 Å².